The van der Waals surface area contributed by atoms with E-state index in [0.717, 1.165) is 19.3 Å². The molecular formula is C42H38. The van der Waals surface area contributed by atoms with Gasteiger partial charge in [0.15, 0.2) is 0 Å². The van der Waals surface area contributed by atoms with Crippen molar-refractivity contribution in [3.63, 3.8) is 0 Å². The van der Waals surface area contributed by atoms with Crippen molar-refractivity contribution < 1.29 is 0 Å². The third kappa shape index (κ3) is 5.71. The molecule has 0 heteroatoms. The summed E-state index contributed by atoms with van der Waals surface area (Å²) in [6.07, 6.45) is 3.26. The van der Waals surface area contributed by atoms with Gasteiger partial charge in [-0.05, 0) is 58.6 Å². The minimum Gasteiger partial charge on any atom is -0.0622 e. The van der Waals surface area contributed by atoms with E-state index in [1.165, 1.54) is 33.4 Å². The maximum atomic E-state index is 2.35. The van der Waals surface area contributed by atoms with Crippen LogP contribution in [0.2, 0.25) is 0 Å². The molecule has 6 rings (SSSR count). The van der Waals surface area contributed by atoms with Crippen molar-refractivity contribution >= 4 is 0 Å². The fourth-order valence-electron chi connectivity index (χ4n) is 6.98. The van der Waals surface area contributed by atoms with Gasteiger partial charge in [0.05, 0.1) is 5.41 Å². The fourth-order valence-corrected chi connectivity index (χ4v) is 6.98. The van der Waals surface area contributed by atoms with E-state index in [9.17, 15) is 0 Å². The van der Waals surface area contributed by atoms with E-state index >= 15 is 0 Å². The predicted octanol–water partition coefficient (Wildman–Crippen LogP) is 10.6. The summed E-state index contributed by atoms with van der Waals surface area (Å²) in [5.41, 5.74) is 7.70. The molecule has 206 valence electrons. The van der Waals surface area contributed by atoms with Crippen molar-refractivity contribution in [3.05, 3.63) is 215 Å². The molecule has 0 amide bonds. The topological polar surface area (TPSA) is 0 Å². The van der Waals surface area contributed by atoms with Crippen LogP contribution in [0.4, 0.5) is 0 Å². The maximum Gasteiger partial charge on any atom is 0.0525 e. The Hall–Kier alpha value is -4.68. The summed E-state index contributed by atoms with van der Waals surface area (Å²) in [4.78, 5) is 0. The molecule has 0 aliphatic carbocycles. The van der Waals surface area contributed by atoms with Crippen LogP contribution in [-0.4, -0.2) is 0 Å². The number of hydrogen-bond donors (Lipinski definition) is 0. The highest BCUT2D eigenvalue weighted by atomic mass is 14.5. The van der Waals surface area contributed by atoms with Crippen molar-refractivity contribution in [3.8, 4) is 0 Å². The molecule has 6 aromatic rings. The van der Waals surface area contributed by atoms with Crippen LogP contribution in [0.15, 0.2) is 182 Å². The average molecular weight is 543 g/mol. The lowest BCUT2D eigenvalue weighted by Gasteiger charge is -2.47. The molecule has 6 aromatic carbocycles. The second-order valence-electron chi connectivity index (χ2n) is 11.2. The van der Waals surface area contributed by atoms with Gasteiger partial charge in [-0.1, -0.05) is 182 Å². The molecule has 0 nitrogen and oxygen atoms in total. The van der Waals surface area contributed by atoms with Crippen LogP contribution in [0.3, 0.4) is 0 Å². The lowest BCUT2D eigenvalue weighted by molar-refractivity contribution is 0.382. The summed E-state index contributed by atoms with van der Waals surface area (Å²) in [7, 11) is 0. The minimum atomic E-state index is -0.418. The van der Waals surface area contributed by atoms with Crippen molar-refractivity contribution in [2.45, 2.75) is 36.5 Å². The summed E-state index contributed by atoms with van der Waals surface area (Å²) >= 11 is 0. The van der Waals surface area contributed by atoms with Crippen molar-refractivity contribution in [1.29, 1.82) is 0 Å². The van der Waals surface area contributed by atoms with Gasteiger partial charge >= 0.3 is 0 Å². The monoisotopic (exact) mass is 542 g/mol. The highest BCUT2D eigenvalue weighted by Crippen LogP contribution is 2.56. The van der Waals surface area contributed by atoms with Gasteiger partial charge in [-0.2, -0.15) is 0 Å². The van der Waals surface area contributed by atoms with Gasteiger partial charge in [0.25, 0.3) is 0 Å². The summed E-state index contributed by atoms with van der Waals surface area (Å²) in [5.74, 6) is 0.419. The van der Waals surface area contributed by atoms with E-state index in [0.29, 0.717) is 0 Å². The van der Waals surface area contributed by atoms with Gasteiger partial charge in [-0.25, -0.2) is 0 Å². The Morgan fingerprint density at radius 2 is 0.738 bits per heavy atom. The minimum absolute atomic E-state index is 0.143. The molecular weight excluding hydrogens is 504 g/mol. The van der Waals surface area contributed by atoms with E-state index in [1.54, 1.807) is 0 Å². The second kappa shape index (κ2) is 13.3. The van der Waals surface area contributed by atoms with Crippen LogP contribution in [0, 0.1) is 0 Å². The van der Waals surface area contributed by atoms with E-state index in [2.05, 4.69) is 182 Å². The molecule has 42 heavy (non-hydrogen) atoms. The van der Waals surface area contributed by atoms with Crippen molar-refractivity contribution in [2.75, 3.05) is 0 Å². The fraction of sp³-hybridized carbons (Fsp3) is 0.143. The summed E-state index contributed by atoms with van der Waals surface area (Å²) in [5, 5.41) is 0. The molecule has 0 bridgehead atoms. The molecule has 2 atom stereocenters. The quantitative estimate of drug-likeness (QED) is 0.143. The molecule has 0 saturated carbocycles. The van der Waals surface area contributed by atoms with Crippen LogP contribution < -0.4 is 0 Å². The Kier molecular flexibility index (Phi) is 8.72. The summed E-state index contributed by atoms with van der Waals surface area (Å²) in [6, 6.07) is 67.0. The zero-order chi connectivity index (χ0) is 28.5. The standard InChI is InChI=1S/C42H38/c1-7-20-34(21-8-1)22-19-33-40(35-23-9-2-10-24-35)41(36-25-11-3-12-26-36)42(37-27-13-4-14-28-37,38-29-15-5-16-30-38)39-31-17-6-18-32-39/h1-18,20-21,23-32,40-41H,19,22,33H2. The van der Waals surface area contributed by atoms with Gasteiger partial charge < -0.3 is 0 Å². The first-order valence-corrected chi connectivity index (χ1v) is 15.2. The highest BCUT2D eigenvalue weighted by molar-refractivity contribution is 5.56. The molecule has 0 N–H and O–H groups in total. The first-order chi connectivity index (χ1) is 20.9. The summed E-state index contributed by atoms with van der Waals surface area (Å²) < 4.78 is 0. The van der Waals surface area contributed by atoms with E-state index in [4.69, 9.17) is 0 Å². The van der Waals surface area contributed by atoms with Crippen LogP contribution in [0.25, 0.3) is 0 Å². The lowest BCUT2D eigenvalue weighted by Crippen LogP contribution is -2.40. The Labute approximate surface area is 251 Å². The zero-order valence-corrected chi connectivity index (χ0v) is 24.1. The molecule has 0 spiro atoms. The first-order valence-electron chi connectivity index (χ1n) is 15.2. The Balaban J connectivity index is 1.62. The molecule has 0 aliphatic rings. The number of hydrogen-bond acceptors (Lipinski definition) is 0. The Morgan fingerprint density at radius 1 is 0.381 bits per heavy atom. The highest BCUT2D eigenvalue weighted by Gasteiger charge is 2.47. The average Bonchev–Trinajstić information content (AvgIpc) is 3.08. The van der Waals surface area contributed by atoms with Crippen LogP contribution in [0.1, 0.15) is 58.1 Å². The van der Waals surface area contributed by atoms with Crippen LogP contribution in [-0.2, 0) is 11.8 Å². The van der Waals surface area contributed by atoms with Gasteiger partial charge in [0.2, 0.25) is 0 Å². The molecule has 0 heterocycles. The normalized spacial score (nSPS) is 12.9. The number of benzene rings is 6. The smallest absolute Gasteiger partial charge is 0.0525 e. The molecule has 2 unspecified atom stereocenters. The van der Waals surface area contributed by atoms with Crippen molar-refractivity contribution in [1.82, 2.24) is 0 Å². The lowest BCUT2D eigenvalue weighted by atomic mass is 9.55. The number of rotatable bonds is 11. The summed E-state index contributed by atoms with van der Waals surface area (Å²) in [6.45, 7) is 0. The first kappa shape index (κ1) is 27.5. The molecule has 0 aliphatic heterocycles. The molecule has 0 aromatic heterocycles. The van der Waals surface area contributed by atoms with Gasteiger partial charge in [-0.3, -0.25) is 0 Å². The Morgan fingerprint density at radius 3 is 1.17 bits per heavy atom. The maximum absolute atomic E-state index is 2.35. The van der Waals surface area contributed by atoms with Gasteiger partial charge in [0.1, 0.15) is 0 Å². The van der Waals surface area contributed by atoms with Crippen LogP contribution >= 0.6 is 0 Å². The number of aryl methyl sites for hydroxylation is 1. The van der Waals surface area contributed by atoms with Gasteiger partial charge in [-0.15, -0.1) is 0 Å². The van der Waals surface area contributed by atoms with Crippen molar-refractivity contribution in [2.24, 2.45) is 0 Å². The molecule has 0 saturated heterocycles. The van der Waals surface area contributed by atoms with E-state index in [1.807, 2.05) is 0 Å². The largest absolute Gasteiger partial charge is 0.0622 e. The van der Waals surface area contributed by atoms with E-state index < -0.39 is 5.41 Å². The third-order valence-electron chi connectivity index (χ3n) is 8.77. The molecule has 0 fully saturated rings. The Bertz CT molecular complexity index is 1510. The third-order valence-corrected chi connectivity index (χ3v) is 8.77. The zero-order valence-electron chi connectivity index (χ0n) is 24.1. The molecule has 0 radical (unpaired) electrons. The SMILES string of the molecule is c1ccc(CCCC(c2ccccc2)C(c2ccccc2)C(c2ccccc2)(c2ccccc2)c2ccccc2)cc1. The van der Waals surface area contributed by atoms with Gasteiger partial charge in [0, 0.05) is 5.92 Å². The van der Waals surface area contributed by atoms with Crippen LogP contribution in [0.5, 0.6) is 0 Å². The predicted molar refractivity (Wildman–Crippen MR) is 177 cm³/mol. The second-order valence-corrected chi connectivity index (χ2v) is 11.2. The van der Waals surface area contributed by atoms with E-state index in [-0.39, 0.29) is 11.8 Å².